The Morgan fingerprint density at radius 3 is 2.50 bits per heavy atom. The van der Waals surface area contributed by atoms with Crippen molar-refractivity contribution < 1.29 is 14.3 Å². The van der Waals surface area contributed by atoms with Crippen LogP contribution in [0.3, 0.4) is 0 Å². The van der Waals surface area contributed by atoms with Crippen molar-refractivity contribution in [1.29, 1.82) is 0 Å². The molecule has 1 saturated heterocycles. The van der Waals surface area contributed by atoms with Crippen LogP contribution in [0.25, 0.3) is 28.2 Å². The fourth-order valence-corrected chi connectivity index (χ4v) is 7.53. The summed E-state index contributed by atoms with van der Waals surface area (Å²) in [6.45, 7) is 9.15. The number of aromatic nitrogens is 7. The zero-order chi connectivity index (χ0) is 38.6. The number of pyridine rings is 1. The number of benzene rings is 1. The molecule has 1 aliphatic rings. The number of rotatable bonds is 13. The van der Waals surface area contributed by atoms with Crippen molar-refractivity contribution in [3.8, 4) is 16.2 Å². The van der Waals surface area contributed by atoms with E-state index in [1.54, 1.807) is 30.1 Å². The first-order chi connectivity index (χ1) is 25.8. The van der Waals surface area contributed by atoms with Gasteiger partial charge in [0.15, 0.2) is 10.8 Å². The molecule has 2 amide bonds. The number of hydrogen-bond donors (Lipinski definition) is 2. The molecule has 4 aromatic heterocycles. The van der Waals surface area contributed by atoms with Crippen LogP contribution in [0, 0.1) is 5.92 Å². The molecule has 0 atom stereocenters. The summed E-state index contributed by atoms with van der Waals surface area (Å²) < 4.78 is 8.46. The van der Waals surface area contributed by atoms with E-state index in [9.17, 15) is 14.4 Å². The number of nitrogens with two attached hydrogens (primary N) is 1. The summed E-state index contributed by atoms with van der Waals surface area (Å²) in [5.74, 6) is 1.45. The largest absolute Gasteiger partial charge is 0.497 e. The number of likely N-dealkylation sites (N-methyl/N-ethyl adjacent to an activating group) is 1. The highest BCUT2D eigenvalue weighted by Gasteiger charge is 2.28. The number of ether oxygens (including phenoxy) is 1. The first-order valence-electron chi connectivity index (χ1n) is 17.9. The monoisotopic (exact) mass is 753 g/mol. The van der Waals surface area contributed by atoms with Crippen molar-refractivity contribution >= 4 is 46.8 Å². The molecule has 1 aliphatic heterocycles. The fraction of sp³-hybridized carbons (Fsp3) is 0.421. The molecule has 0 saturated carbocycles. The van der Waals surface area contributed by atoms with Gasteiger partial charge in [-0.15, -0.1) is 16.4 Å². The number of thiazole rings is 1. The van der Waals surface area contributed by atoms with Crippen LogP contribution in [0.15, 0.2) is 47.4 Å². The molecule has 16 heteroatoms. The molecular formula is C38H47N11O4S. The second kappa shape index (κ2) is 16.3. The average molecular weight is 754 g/mol. The van der Waals surface area contributed by atoms with Gasteiger partial charge in [-0.25, -0.2) is 14.6 Å². The van der Waals surface area contributed by atoms with Crippen molar-refractivity contribution in [2.24, 2.45) is 11.7 Å². The zero-order valence-electron chi connectivity index (χ0n) is 31.6. The maximum Gasteiger partial charge on any atom is 0.277 e. The molecule has 6 rings (SSSR count). The van der Waals surface area contributed by atoms with Crippen LogP contribution in [0.5, 0.6) is 5.75 Å². The van der Waals surface area contributed by atoms with Gasteiger partial charge in [0.25, 0.3) is 11.5 Å². The molecule has 54 heavy (non-hydrogen) atoms. The van der Waals surface area contributed by atoms with Crippen LogP contribution in [-0.4, -0.2) is 98.7 Å². The number of hydrogen-bond acceptors (Lipinski definition) is 12. The normalized spacial score (nSPS) is 14.0. The first-order valence-corrected chi connectivity index (χ1v) is 18.7. The van der Waals surface area contributed by atoms with E-state index in [2.05, 4.69) is 30.7 Å². The van der Waals surface area contributed by atoms with Gasteiger partial charge < -0.3 is 25.6 Å². The van der Waals surface area contributed by atoms with E-state index in [4.69, 9.17) is 15.5 Å². The van der Waals surface area contributed by atoms with Crippen molar-refractivity contribution in [1.82, 2.24) is 44.8 Å². The molecule has 0 bridgehead atoms. The van der Waals surface area contributed by atoms with Crippen LogP contribution < -0.4 is 26.2 Å². The maximum absolute atomic E-state index is 14.4. The summed E-state index contributed by atoms with van der Waals surface area (Å²) in [5, 5.41) is 15.5. The highest BCUT2D eigenvalue weighted by molar-refractivity contribution is 7.17. The summed E-state index contributed by atoms with van der Waals surface area (Å²) in [5.41, 5.74) is 8.36. The Morgan fingerprint density at radius 1 is 1.09 bits per heavy atom. The highest BCUT2D eigenvalue weighted by Crippen LogP contribution is 2.38. The summed E-state index contributed by atoms with van der Waals surface area (Å²) in [6.07, 6.45) is 7.17. The Kier molecular flexibility index (Phi) is 11.5. The van der Waals surface area contributed by atoms with Crippen LogP contribution in [0.4, 0.5) is 5.82 Å². The third kappa shape index (κ3) is 8.82. The summed E-state index contributed by atoms with van der Waals surface area (Å²) in [7, 11) is 5.58. The SMILES string of the molecule is COc1ccc(Cn2nnnc2C=Cc2c(N3CCC(CC(=O)NCCN(C)C)CC3)nc3cc(-c4sc(C(N)=O)nc4C(C)(C)C)ccn3c2=O)cc1. The van der Waals surface area contributed by atoms with Gasteiger partial charge in [-0.05, 0) is 90.8 Å². The minimum Gasteiger partial charge on any atom is -0.497 e. The van der Waals surface area contributed by atoms with E-state index < -0.39 is 5.91 Å². The van der Waals surface area contributed by atoms with Crippen molar-refractivity contribution in [2.45, 2.75) is 52.0 Å². The molecule has 0 unspecified atom stereocenters. The zero-order valence-corrected chi connectivity index (χ0v) is 32.4. The lowest BCUT2D eigenvalue weighted by Crippen LogP contribution is -2.38. The second-order valence-electron chi connectivity index (χ2n) is 14.8. The van der Waals surface area contributed by atoms with Crippen molar-refractivity contribution in [2.75, 3.05) is 52.3 Å². The number of fused-ring (bicyclic) bond motifs is 1. The summed E-state index contributed by atoms with van der Waals surface area (Å²) >= 11 is 1.23. The maximum atomic E-state index is 14.4. The van der Waals surface area contributed by atoms with E-state index >= 15 is 0 Å². The van der Waals surface area contributed by atoms with E-state index in [0.717, 1.165) is 46.8 Å². The van der Waals surface area contributed by atoms with Gasteiger partial charge in [0.1, 0.15) is 17.2 Å². The molecule has 0 aliphatic carbocycles. The molecule has 3 N–H and O–H groups in total. The lowest BCUT2D eigenvalue weighted by atomic mass is 9.90. The van der Waals surface area contributed by atoms with Crippen LogP contribution in [-0.2, 0) is 16.8 Å². The third-order valence-electron chi connectivity index (χ3n) is 9.38. The van der Waals surface area contributed by atoms with Gasteiger partial charge >= 0.3 is 0 Å². The fourth-order valence-electron chi connectivity index (χ4n) is 6.41. The molecule has 15 nitrogen and oxygen atoms in total. The number of nitrogens with one attached hydrogen (secondary N) is 1. The predicted molar refractivity (Wildman–Crippen MR) is 210 cm³/mol. The van der Waals surface area contributed by atoms with Gasteiger partial charge in [-0.3, -0.25) is 18.8 Å². The molecule has 5 heterocycles. The molecule has 0 radical (unpaired) electrons. The molecule has 284 valence electrons. The number of piperidine rings is 1. The van der Waals surface area contributed by atoms with Crippen LogP contribution in [0.2, 0.25) is 0 Å². The molecule has 5 aromatic rings. The van der Waals surface area contributed by atoms with Gasteiger partial charge in [0.2, 0.25) is 5.91 Å². The Hall–Kier alpha value is -5.48. The predicted octanol–water partition coefficient (Wildman–Crippen LogP) is 3.71. The van der Waals surface area contributed by atoms with Gasteiger partial charge in [-0.2, -0.15) is 0 Å². The first kappa shape index (κ1) is 38.3. The number of nitrogens with zero attached hydrogens (tertiary/aromatic N) is 9. The topological polar surface area (TPSA) is 179 Å². The van der Waals surface area contributed by atoms with Gasteiger partial charge in [0, 0.05) is 44.2 Å². The minimum absolute atomic E-state index is 0.0538. The van der Waals surface area contributed by atoms with Gasteiger partial charge in [0.05, 0.1) is 29.8 Å². The summed E-state index contributed by atoms with van der Waals surface area (Å²) in [4.78, 5) is 53.8. The number of tetrazole rings is 1. The van der Waals surface area contributed by atoms with Crippen molar-refractivity contribution in [3.63, 3.8) is 0 Å². The van der Waals surface area contributed by atoms with Crippen molar-refractivity contribution in [3.05, 3.63) is 80.6 Å². The number of methoxy groups -OCH3 is 1. The Bertz CT molecular complexity index is 2210. The second-order valence-corrected chi connectivity index (χ2v) is 15.8. The number of carbonyl (C=O) groups excluding carboxylic acids is 2. The Labute approximate surface area is 317 Å². The molecule has 1 aromatic carbocycles. The lowest BCUT2D eigenvalue weighted by Gasteiger charge is -2.33. The molecule has 1 fully saturated rings. The Balaban J connectivity index is 1.34. The van der Waals surface area contributed by atoms with E-state index in [1.807, 2.05) is 76.2 Å². The minimum atomic E-state index is -0.588. The third-order valence-corrected chi connectivity index (χ3v) is 10.5. The molecule has 0 spiro atoms. The number of carbonyl (C=O) groups is 2. The van der Waals surface area contributed by atoms with Crippen LogP contribution >= 0.6 is 11.3 Å². The lowest BCUT2D eigenvalue weighted by molar-refractivity contribution is -0.122. The highest BCUT2D eigenvalue weighted by atomic mass is 32.1. The van der Waals surface area contributed by atoms with E-state index in [1.165, 1.54) is 15.7 Å². The smallest absolute Gasteiger partial charge is 0.277 e. The van der Waals surface area contributed by atoms with Crippen LogP contribution in [0.1, 0.15) is 72.5 Å². The van der Waals surface area contributed by atoms with E-state index in [-0.39, 0.29) is 27.8 Å². The van der Waals surface area contributed by atoms with Gasteiger partial charge in [-0.1, -0.05) is 32.9 Å². The van der Waals surface area contributed by atoms with E-state index in [0.29, 0.717) is 55.5 Å². The number of anilines is 1. The summed E-state index contributed by atoms with van der Waals surface area (Å²) in [6, 6.07) is 11.3. The Morgan fingerprint density at radius 2 is 1.83 bits per heavy atom. The quantitative estimate of drug-likeness (QED) is 0.179. The number of amides is 2. The average Bonchev–Trinajstić information content (AvgIpc) is 3.79. The molecular weight excluding hydrogens is 707 g/mol. The number of primary amides is 1. The standard InChI is InChI=1S/C38H47N11O4S/c1-38(2,3)33-32(54-36(42-33)34(39)51)26-15-19-48-30(22-26)41-35(47-17-13-24(14-18-47)21-31(50)40-16-20-46(4)5)28(37(48)52)11-12-29-43-44-45-49(29)23-25-7-9-27(53-6)10-8-25/h7-12,15,19,22,24H,13-14,16-18,20-21,23H2,1-6H3,(H2,39,51)(H,40,50).